The molecule has 1 atom stereocenters. The summed E-state index contributed by atoms with van der Waals surface area (Å²) in [6, 6.07) is 7.52. The van der Waals surface area contributed by atoms with Gasteiger partial charge in [0.05, 0.1) is 13.7 Å². The Morgan fingerprint density at radius 2 is 1.75 bits per heavy atom. The van der Waals surface area contributed by atoms with Crippen LogP contribution in [0.5, 0.6) is 11.5 Å². The van der Waals surface area contributed by atoms with Crippen LogP contribution in [0.15, 0.2) is 29.3 Å². The van der Waals surface area contributed by atoms with Gasteiger partial charge < -0.3 is 30.2 Å². The SMILES string of the molecule is CCNC(=NCC(C)Oc1ccccc1OC)NCCNC(=O)OC(C)(C)C. The van der Waals surface area contributed by atoms with E-state index in [1.807, 2.05) is 58.9 Å². The Labute approximate surface area is 168 Å². The van der Waals surface area contributed by atoms with Crippen LogP contribution >= 0.6 is 0 Å². The average molecular weight is 395 g/mol. The summed E-state index contributed by atoms with van der Waals surface area (Å²) in [6.45, 7) is 11.6. The van der Waals surface area contributed by atoms with Crippen LogP contribution in [-0.4, -0.2) is 57.0 Å². The van der Waals surface area contributed by atoms with E-state index in [2.05, 4.69) is 20.9 Å². The second-order valence-corrected chi connectivity index (χ2v) is 7.15. The van der Waals surface area contributed by atoms with Crippen molar-refractivity contribution >= 4 is 12.1 Å². The molecule has 0 bridgehead atoms. The number of carbonyl (C=O) groups excluding carboxylic acids is 1. The molecule has 0 fully saturated rings. The van der Waals surface area contributed by atoms with Crippen molar-refractivity contribution < 1.29 is 19.0 Å². The first-order chi connectivity index (χ1) is 13.2. The largest absolute Gasteiger partial charge is 0.493 e. The van der Waals surface area contributed by atoms with Gasteiger partial charge in [0.25, 0.3) is 0 Å². The second kappa shape index (κ2) is 11.9. The average Bonchev–Trinajstić information content (AvgIpc) is 2.62. The summed E-state index contributed by atoms with van der Waals surface area (Å²) in [7, 11) is 1.61. The Morgan fingerprint density at radius 1 is 1.11 bits per heavy atom. The Kier molecular flexibility index (Phi) is 9.98. The fraction of sp³-hybridized carbons (Fsp3) is 0.600. The van der Waals surface area contributed by atoms with Crippen LogP contribution in [0.2, 0.25) is 0 Å². The molecule has 8 heteroatoms. The third kappa shape index (κ3) is 9.89. The number of guanidine groups is 1. The predicted octanol–water partition coefficient (Wildman–Crippen LogP) is 2.54. The molecule has 158 valence electrons. The van der Waals surface area contributed by atoms with E-state index in [1.165, 1.54) is 0 Å². The highest BCUT2D eigenvalue weighted by Crippen LogP contribution is 2.26. The van der Waals surface area contributed by atoms with Crippen LogP contribution < -0.4 is 25.4 Å². The Balaban J connectivity index is 2.45. The van der Waals surface area contributed by atoms with Crippen molar-refractivity contribution in [3.63, 3.8) is 0 Å². The van der Waals surface area contributed by atoms with Crippen molar-refractivity contribution in [2.24, 2.45) is 4.99 Å². The van der Waals surface area contributed by atoms with Crippen molar-refractivity contribution in [3.8, 4) is 11.5 Å². The lowest BCUT2D eigenvalue weighted by molar-refractivity contribution is 0.0529. The van der Waals surface area contributed by atoms with E-state index < -0.39 is 11.7 Å². The van der Waals surface area contributed by atoms with Crippen molar-refractivity contribution in [1.29, 1.82) is 0 Å². The number of hydrogen-bond acceptors (Lipinski definition) is 5. The van der Waals surface area contributed by atoms with Gasteiger partial charge in [0.1, 0.15) is 11.7 Å². The van der Waals surface area contributed by atoms with Gasteiger partial charge in [-0.3, -0.25) is 0 Å². The highest BCUT2D eigenvalue weighted by molar-refractivity contribution is 5.79. The monoisotopic (exact) mass is 394 g/mol. The molecule has 1 unspecified atom stereocenters. The predicted molar refractivity (Wildman–Crippen MR) is 111 cm³/mol. The number of benzene rings is 1. The summed E-state index contributed by atoms with van der Waals surface area (Å²) in [6.07, 6.45) is -0.568. The van der Waals surface area contributed by atoms with E-state index in [4.69, 9.17) is 14.2 Å². The van der Waals surface area contributed by atoms with Crippen LogP contribution in [0.3, 0.4) is 0 Å². The number of hydrogen-bond donors (Lipinski definition) is 3. The molecule has 0 radical (unpaired) electrons. The van der Waals surface area contributed by atoms with Gasteiger partial charge in [-0.05, 0) is 46.8 Å². The van der Waals surface area contributed by atoms with E-state index in [-0.39, 0.29) is 6.10 Å². The molecule has 1 rings (SSSR count). The van der Waals surface area contributed by atoms with E-state index in [0.29, 0.717) is 37.1 Å². The van der Waals surface area contributed by atoms with Crippen LogP contribution in [0.4, 0.5) is 4.79 Å². The molecule has 0 aromatic heterocycles. The second-order valence-electron chi connectivity index (χ2n) is 7.15. The van der Waals surface area contributed by atoms with E-state index in [9.17, 15) is 4.79 Å². The van der Waals surface area contributed by atoms with E-state index >= 15 is 0 Å². The fourth-order valence-electron chi connectivity index (χ4n) is 2.19. The zero-order chi connectivity index (χ0) is 21.0. The Hall–Kier alpha value is -2.64. The molecule has 0 aliphatic heterocycles. The number of para-hydroxylation sites is 2. The van der Waals surface area contributed by atoms with Crippen LogP contribution in [0, 0.1) is 0 Å². The van der Waals surface area contributed by atoms with Crippen LogP contribution in [0.1, 0.15) is 34.6 Å². The van der Waals surface area contributed by atoms with Crippen molar-refractivity contribution in [2.45, 2.75) is 46.3 Å². The molecular formula is C20H34N4O4. The normalized spacial score (nSPS) is 12.7. The summed E-state index contributed by atoms with van der Waals surface area (Å²) >= 11 is 0. The first-order valence-corrected chi connectivity index (χ1v) is 9.54. The van der Waals surface area contributed by atoms with Gasteiger partial charge in [-0.15, -0.1) is 0 Å². The summed E-state index contributed by atoms with van der Waals surface area (Å²) in [5.41, 5.74) is -0.508. The Bertz CT molecular complexity index is 629. The van der Waals surface area contributed by atoms with Crippen molar-refractivity contribution in [2.75, 3.05) is 33.3 Å². The number of nitrogens with one attached hydrogen (secondary N) is 3. The van der Waals surface area contributed by atoms with Crippen molar-refractivity contribution in [1.82, 2.24) is 16.0 Å². The fourth-order valence-corrected chi connectivity index (χ4v) is 2.19. The lowest BCUT2D eigenvalue weighted by Gasteiger charge is -2.20. The summed E-state index contributed by atoms with van der Waals surface area (Å²) in [4.78, 5) is 16.2. The molecule has 1 aromatic rings. The van der Waals surface area contributed by atoms with Gasteiger partial charge >= 0.3 is 6.09 Å². The molecule has 1 aromatic carbocycles. The molecule has 0 heterocycles. The number of alkyl carbamates (subject to hydrolysis) is 1. The number of methoxy groups -OCH3 is 1. The summed E-state index contributed by atoms with van der Waals surface area (Å²) in [5.74, 6) is 2.03. The maximum atomic E-state index is 11.6. The topological polar surface area (TPSA) is 93.2 Å². The lowest BCUT2D eigenvalue weighted by atomic mass is 10.2. The smallest absolute Gasteiger partial charge is 0.407 e. The third-order valence-corrected chi connectivity index (χ3v) is 3.33. The van der Waals surface area contributed by atoms with Gasteiger partial charge in [-0.1, -0.05) is 12.1 Å². The molecule has 0 aliphatic carbocycles. The minimum Gasteiger partial charge on any atom is -0.493 e. The molecule has 0 aliphatic rings. The van der Waals surface area contributed by atoms with Crippen molar-refractivity contribution in [3.05, 3.63) is 24.3 Å². The van der Waals surface area contributed by atoms with Gasteiger partial charge in [0.15, 0.2) is 17.5 Å². The molecule has 3 N–H and O–H groups in total. The maximum absolute atomic E-state index is 11.6. The summed E-state index contributed by atoms with van der Waals surface area (Å²) < 4.78 is 16.4. The molecule has 0 saturated carbocycles. The molecule has 8 nitrogen and oxygen atoms in total. The third-order valence-electron chi connectivity index (χ3n) is 3.33. The number of amides is 1. The molecule has 1 amide bonds. The van der Waals surface area contributed by atoms with Gasteiger partial charge in [-0.25, -0.2) is 9.79 Å². The maximum Gasteiger partial charge on any atom is 0.407 e. The van der Waals surface area contributed by atoms with E-state index in [0.717, 1.165) is 6.54 Å². The molecule has 0 saturated heterocycles. The first-order valence-electron chi connectivity index (χ1n) is 9.54. The number of aliphatic imine (C=N–C) groups is 1. The number of nitrogens with zero attached hydrogens (tertiary/aromatic N) is 1. The molecule has 0 spiro atoms. The van der Waals surface area contributed by atoms with Gasteiger partial charge in [0, 0.05) is 19.6 Å². The minimum atomic E-state index is -0.508. The van der Waals surface area contributed by atoms with E-state index in [1.54, 1.807) is 7.11 Å². The van der Waals surface area contributed by atoms with Gasteiger partial charge in [0.2, 0.25) is 0 Å². The summed E-state index contributed by atoms with van der Waals surface area (Å²) in [5, 5.41) is 9.04. The zero-order valence-corrected chi connectivity index (χ0v) is 17.8. The van der Waals surface area contributed by atoms with Crippen LogP contribution in [0.25, 0.3) is 0 Å². The highest BCUT2D eigenvalue weighted by Gasteiger charge is 2.15. The quantitative estimate of drug-likeness (QED) is 0.339. The Morgan fingerprint density at radius 3 is 2.36 bits per heavy atom. The van der Waals surface area contributed by atoms with Crippen LogP contribution in [-0.2, 0) is 4.74 Å². The number of carbonyl (C=O) groups is 1. The molecule has 28 heavy (non-hydrogen) atoms. The van der Waals surface area contributed by atoms with Gasteiger partial charge in [-0.2, -0.15) is 0 Å². The minimum absolute atomic E-state index is 0.133. The first kappa shape index (κ1) is 23.4. The lowest BCUT2D eigenvalue weighted by Crippen LogP contribution is -2.42. The zero-order valence-electron chi connectivity index (χ0n) is 17.8. The highest BCUT2D eigenvalue weighted by atomic mass is 16.6. The number of rotatable bonds is 9. The number of ether oxygens (including phenoxy) is 3. The molecular weight excluding hydrogens is 360 g/mol. The standard InChI is InChI=1S/C20H34N4O4/c1-7-21-18(22-12-13-23-19(25)28-20(3,4)5)24-14-15(2)27-17-11-9-8-10-16(17)26-6/h8-11,15H,7,12-14H2,1-6H3,(H,23,25)(H2,21,22,24).